The van der Waals surface area contributed by atoms with E-state index in [0.717, 1.165) is 22.3 Å². The minimum atomic E-state index is -0.649. The molecule has 5 N–H and O–H groups in total. The van der Waals surface area contributed by atoms with Gasteiger partial charge in [-0.15, -0.1) is 0 Å². The molecule has 0 unspecified atom stereocenters. The molecule has 3 aromatic rings. The molecule has 1 fully saturated rings. The summed E-state index contributed by atoms with van der Waals surface area (Å²) in [5, 5.41) is 23.7. The number of methoxy groups -OCH3 is 1. The molecule has 1 aliphatic rings. The Balaban J connectivity index is 1.50. The van der Waals surface area contributed by atoms with Gasteiger partial charge in [-0.05, 0) is 84.1 Å². The van der Waals surface area contributed by atoms with Gasteiger partial charge in [0, 0.05) is 18.7 Å². The first-order chi connectivity index (χ1) is 19.1. The number of aromatic hydroxyl groups is 2. The van der Waals surface area contributed by atoms with Gasteiger partial charge in [0.15, 0.2) is 0 Å². The Labute approximate surface area is 232 Å². The van der Waals surface area contributed by atoms with Gasteiger partial charge in [-0.1, -0.05) is 12.1 Å². The molecule has 3 aromatic carbocycles. The van der Waals surface area contributed by atoms with E-state index in [1.165, 1.54) is 19.2 Å². The third-order valence-corrected chi connectivity index (χ3v) is 7.01. The first-order valence-electron chi connectivity index (χ1n) is 12.8. The SMILES string of the molecule is COC(=O)c1ccc([C@H](C)NC(=O)[C@H]2COCCN2Cc2cc(O)cc(-c3ccc(C(N)=O)cc3C)c2)cc1O. The molecule has 0 aliphatic carbocycles. The van der Waals surface area contributed by atoms with Crippen LogP contribution in [0.2, 0.25) is 0 Å². The molecule has 0 radical (unpaired) electrons. The maximum atomic E-state index is 13.3. The molecule has 4 rings (SSSR count). The largest absolute Gasteiger partial charge is 0.508 e. The van der Waals surface area contributed by atoms with Crippen LogP contribution in [0.3, 0.4) is 0 Å². The number of carbonyl (C=O) groups is 3. The minimum absolute atomic E-state index is 0.0427. The van der Waals surface area contributed by atoms with Crippen molar-refractivity contribution in [2.45, 2.75) is 32.5 Å². The topological polar surface area (TPSA) is 151 Å². The van der Waals surface area contributed by atoms with E-state index in [-0.39, 0.29) is 29.6 Å². The number of morpholine rings is 1. The van der Waals surface area contributed by atoms with Gasteiger partial charge in [-0.2, -0.15) is 0 Å². The molecule has 0 spiro atoms. The zero-order chi connectivity index (χ0) is 29.0. The number of phenolic OH excluding ortho intramolecular Hbond substituents is 2. The summed E-state index contributed by atoms with van der Waals surface area (Å²) in [5.41, 5.74) is 9.76. The van der Waals surface area contributed by atoms with Crippen LogP contribution in [-0.2, 0) is 20.8 Å². The average Bonchev–Trinajstić information content (AvgIpc) is 2.92. The van der Waals surface area contributed by atoms with Gasteiger partial charge in [0.1, 0.15) is 23.1 Å². The highest BCUT2D eigenvalue weighted by molar-refractivity contribution is 5.94. The van der Waals surface area contributed by atoms with Gasteiger partial charge in [0.25, 0.3) is 0 Å². The van der Waals surface area contributed by atoms with Crippen molar-refractivity contribution in [1.29, 1.82) is 0 Å². The second-order valence-electron chi connectivity index (χ2n) is 9.84. The summed E-state index contributed by atoms with van der Waals surface area (Å²) in [6.45, 7) is 5.22. The van der Waals surface area contributed by atoms with Gasteiger partial charge in [-0.25, -0.2) is 4.79 Å². The Bertz CT molecular complexity index is 1440. The third-order valence-electron chi connectivity index (χ3n) is 7.01. The number of nitrogens with one attached hydrogen (secondary N) is 1. The standard InChI is InChI=1S/C30H33N3O7/c1-17-10-21(28(31)36)5-6-24(17)22-11-19(12-23(34)13-22)15-33-8-9-40-16-26(33)29(37)32-18(2)20-4-7-25(27(35)14-20)30(38)39-3/h4-7,10-14,18,26,34-35H,8-9,15-16H2,1-3H3,(H2,31,36)(H,32,37)/t18-,26+/m0/s1. The zero-order valence-corrected chi connectivity index (χ0v) is 22.6. The number of primary amides is 1. The van der Waals surface area contributed by atoms with Crippen LogP contribution in [0.15, 0.2) is 54.6 Å². The Morgan fingerprint density at radius 3 is 2.58 bits per heavy atom. The lowest BCUT2D eigenvalue weighted by Gasteiger charge is -2.35. The molecular formula is C30H33N3O7. The molecular weight excluding hydrogens is 514 g/mol. The third kappa shape index (κ3) is 6.41. The van der Waals surface area contributed by atoms with E-state index < -0.39 is 24.0 Å². The van der Waals surface area contributed by atoms with Gasteiger partial charge >= 0.3 is 5.97 Å². The van der Waals surface area contributed by atoms with Gasteiger partial charge in [-0.3, -0.25) is 14.5 Å². The predicted molar refractivity (Wildman–Crippen MR) is 148 cm³/mol. The predicted octanol–water partition coefficient (Wildman–Crippen LogP) is 3.04. The van der Waals surface area contributed by atoms with Crippen LogP contribution in [0.1, 0.15) is 50.4 Å². The van der Waals surface area contributed by atoms with Crippen molar-refractivity contribution in [1.82, 2.24) is 10.2 Å². The number of esters is 1. The number of hydrogen-bond donors (Lipinski definition) is 4. The summed E-state index contributed by atoms with van der Waals surface area (Å²) in [7, 11) is 1.23. The van der Waals surface area contributed by atoms with Crippen LogP contribution >= 0.6 is 0 Å². The number of nitrogens with two attached hydrogens (primary N) is 1. The molecule has 10 heteroatoms. The smallest absolute Gasteiger partial charge is 0.341 e. The van der Waals surface area contributed by atoms with E-state index >= 15 is 0 Å². The summed E-state index contributed by atoms with van der Waals surface area (Å²) in [4.78, 5) is 38.6. The molecule has 1 aliphatic heterocycles. The molecule has 210 valence electrons. The molecule has 0 bridgehead atoms. The second kappa shape index (κ2) is 12.2. The molecule has 40 heavy (non-hydrogen) atoms. The lowest BCUT2D eigenvalue weighted by Crippen LogP contribution is -2.53. The number of carbonyl (C=O) groups excluding carboxylic acids is 3. The highest BCUT2D eigenvalue weighted by Gasteiger charge is 2.30. The number of nitrogens with zero attached hydrogens (tertiary/aromatic N) is 1. The number of rotatable bonds is 8. The fourth-order valence-electron chi connectivity index (χ4n) is 4.86. The summed E-state index contributed by atoms with van der Waals surface area (Å²) < 4.78 is 10.3. The highest BCUT2D eigenvalue weighted by Crippen LogP contribution is 2.30. The Morgan fingerprint density at radius 1 is 1.12 bits per heavy atom. The number of amides is 2. The number of ether oxygens (including phenoxy) is 2. The zero-order valence-electron chi connectivity index (χ0n) is 22.6. The lowest BCUT2D eigenvalue weighted by molar-refractivity contribution is -0.133. The van der Waals surface area contributed by atoms with Crippen LogP contribution in [0.4, 0.5) is 0 Å². The van der Waals surface area contributed by atoms with E-state index in [9.17, 15) is 24.6 Å². The molecule has 2 amide bonds. The van der Waals surface area contributed by atoms with Gasteiger partial charge in [0.2, 0.25) is 11.8 Å². The Morgan fingerprint density at radius 2 is 1.90 bits per heavy atom. The average molecular weight is 548 g/mol. The van der Waals surface area contributed by atoms with Crippen LogP contribution in [0.5, 0.6) is 11.5 Å². The number of hydrogen-bond acceptors (Lipinski definition) is 8. The molecule has 2 atom stereocenters. The fraction of sp³-hybridized carbons (Fsp3) is 0.300. The normalized spacial score (nSPS) is 16.2. The Hall–Kier alpha value is -4.41. The van der Waals surface area contributed by atoms with Crippen molar-refractivity contribution in [2.24, 2.45) is 5.73 Å². The van der Waals surface area contributed by atoms with Crippen molar-refractivity contribution in [2.75, 3.05) is 26.9 Å². The Kier molecular flexibility index (Phi) is 8.71. The van der Waals surface area contributed by atoms with Crippen molar-refractivity contribution < 1.29 is 34.1 Å². The maximum absolute atomic E-state index is 13.3. The van der Waals surface area contributed by atoms with E-state index in [1.54, 1.807) is 43.3 Å². The maximum Gasteiger partial charge on any atom is 0.341 e. The highest BCUT2D eigenvalue weighted by atomic mass is 16.5. The first-order valence-corrected chi connectivity index (χ1v) is 12.8. The molecule has 0 saturated carbocycles. The summed E-state index contributed by atoms with van der Waals surface area (Å²) in [6, 6.07) is 13.9. The van der Waals surface area contributed by atoms with Crippen LogP contribution in [-0.4, -0.2) is 65.8 Å². The van der Waals surface area contributed by atoms with E-state index in [0.29, 0.717) is 30.8 Å². The summed E-state index contributed by atoms with van der Waals surface area (Å²) in [6.07, 6.45) is 0. The van der Waals surface area contributed by atoms with Crippen molar-refractivity contribution in [3.8, 4) is 22.6 Å². The van der Waals surface area contributed by atoms with Gasteiger partial charge in [0.05, 0.1) is 26.4 Å². The van der Waals surface area contributed by atoms with Crippen molar-refractivity contribution in [3.63, 3.8) is 0 Å². The van der Waals surface area contributed by atoms with Crippen LogP contribution in [0.25, 0.3) is 11.1 Å². The molecule has 1 saturated heterocycles. The number of benzene rings is 3. The van der Waals surface area contributed by atoms with Crippen LogP contribution < -0.4 is 11.1 Å². The van der Waals surface area contributed by atoms with Crippen LogP contribution in [0, 0.1) is 6.92 Å². The monoisotopic (exact) mass is 547 g/mol. The molecule has 10 nitrogen and oxygen atoms in total. The minimum Gasteiger partial charge on any atom is -0.508 e. The number of phenols is 2. The number of aryl methyl sites for hydroxylation is 1. The fourth-order valence-corrected chi connectivity index (χ4v) is 4.86. The van der Waals surface area contributed by atoms with E-state index in [1.807, 2.05) is 17.9 Å². The lowest BCUT2D eigenvalue weighted by atomic mass is 9.96. The summed E-state index contributed by atoms with van der Waals surface area (Å²) >= 11 is 0. The molecule has 1 heterocycles. The van der Waals surface area contributed by atoms with Crippen molar-refractivity contribution >= 4 is 17.8 Å². The molecule has 0 aromatic heterocycles. The van der Waals surface area contributed by atoms with Crippen molar-refractivity contribution in [3.05, 3.63) is 82.4 Å². The second-order valence-corrected chi connectivity index (χ2v) is 9.84. The van der Waals surface area contributed by atoms with E-state index in [2.05, 4.69) is 10.1 Å². The first kappa shape index (κ1) is 28.6. The summed E-state index contributed by atoms with van der Waals surface area (Å²) in [5.74, 6) is -1.55. The quantitative estimate of drug-likeness (QED) is 0.314. The van der Waals surface area contributed by atoms with Gasteiger partial charge < -0.3 is 30.7 Å². The van der Waals surface area contributed by atoms with E-state index in [4.69, 9.17) is 10.5 Å².